The van der Waals surface area contributed by atoms with E-state index in [-0.39, 0.29) is 12.0 Å². The van der Waals surface area contributed by atoms with Crippen molar-refractivity contribution in [2.45, 2.75) is 31.8 Å². The van der Waals surface area contributed by atoms with Crippen molar-refractivity contribution in [1.29, 1.82) is 0 Å². The molecule has 1 aliphatic rings. The van der Waals surface area contributed by atoms with Crippen LogP contribution in [-0.4, -0.2) is 35.1 Å². The molecule has 0 bridgehead atoms. The van der Waals surface area contributed by atoms with Crippen molar-refractivity contribution >= 4 is 33.2 Å². The SMILES string of the molecule is O=C(CCCc1ccc(Br)s1)N1CC[C@H](O)C1. The largest absolute Gasteiger partial charge is 0.391 e. The van der Waals surface area contributed by atoms with Crippen LogP contribution in [0.4, 0.5) is 0 Å². The van der Waals surface area contributed by atoms with Gasteiger partial charge in [0.1, 0.15) is 0 Å². The summed E-state index contributed by atoms with van der Waals surface area (Å²) in [6.07, 6.45) is 2.84. The van der Waals surface area contributed by atoms with Gasteiger partial charge in [0.15, 0.2) is 0 Å². The third kappa shape index (κ3) is 3.79. The van der Waals surface area contributed by atoms with E-state index in [0.29, 0.717) is 19.5 Å². The molecule has 94 valence electrons. The van der Waals surface area contributed by atoms with E-state index in [4.69, 9.17) is 0 Å². The van der Waals surface area contributed by atoms with Crippen LogP contribution >= 0.6 is 27.3 Å². The van der Waals surface area contributed by atoms with Gasteiger partial charge in [0.2, 0.25) is 5.91 Å². The number of nitrogens with zero attached hydrogens (tertiary/aromatic N) is 1. The lowest BCUT2D eigenvalue weighted by Gasteiger charge is -2.14. The quantitative estimate of drug-likeness (QED) is 0.926. The summed E-state index contributed by atoms with van der Waals surface area (Å²) in [6, 6.07) is 4.14. The molecule has 2 heterocycles. The zero-order valence-corrected chi connectivity index (χ0v) is 12.0. The van der Waals surface area contributed by atoms with Crippen LogP contribution in [-0.2, 0) is 11.2 Å². The van der Waals surface area contributed by atoms with Gasteiger partial charge in [0.25, 0.3) is 0 Å². The second kappa shape index (κ2) is 5.98. The van der Waals surface area contributed by atoms with Crippen LogP contribution in [0.1, 0.15) is 24.1 Å². The molecule has 1 fully saturated rings. The molecule has 0 saturated carbocycles. The first-order chi connectivity index (χ1) is 8.15. The minimum absolute atomic E-state index is 0.178. The summed E-state index contributed by atoms with van der Waals surface area (Å²) in [4.78, 5) is 14.9. The second-order valence-electron chi connectivity index (χ2n) is 4.34. The van der Waals surface area contributed by atoms with E-state index >= 15 is 0 Å². The molecular formula is C12H16BrNO2S. The van der Waals surface area contributed by atoms with Crippen LogP contribution in [0.5, 0.6) is 0 Å². The van der Waals surface area contributed by atoms with Gasteiger partial charge >= 0.3 is 0 Å². The summed E-state index contributed by atoms with van der Waals surface area (Å²) in [5.74, 6) is 0.178. The number of hydrogen-bond acceptors (Lipinski definition) is 3. The first kappa shape index (κ1) is 13.1. The van der Waals surface area contributed by atoms with Crippen LogP contribution < -0.4 is 0 Å². The average Bonchev–Trinajstić information content (AvgIpc) is 2.88. The number of aliphatic hydroxyl groups is 1. The van der Waals surface area contributed by atoms with E-state index in [1.807, 2.05) is 6.07 Å². The van der Waals surface area contributed by atoms with Gasteiger partial charge in [-0.3, -0.25) is 4.79 Å². The van der Waals surface area contributed by atoms with Gasteiger partial charge in [-0.15, -0.1) is 11.3 Å². The Labute approximate surface area is 114 Å². The number of amides is 1. The highest BCUT2D eigenvalue weighted by Gasteiger charge is 2.23. The average molecular weight is 318 g/mol. The van der Waals surface area contributed by atoms with Crippen LogP contribution in [0.3, 0.4) is 0 Å². The maximum absolute atomic E-state index is 11.8. The molecule has 1 atom stereocenters. The minimum atomic E-state index is -0.313. The Morgan fingerprint density at radius 3 is 3.00 bits per heavy atom. The molecule has 17 heavy (non-hydrogen) atoms. The standard InChI is InChI=1S/C12H16BrNO2S/c13-11-5-4-10(17-11)2-1-3-12(16)14-7-6-9(15)8-14/h4-5,9,15H,1-3,6-8H2/t9-/m0/s1. The fourth-order valence-corrected chi connectivity index (χ4v) is 3.55. The molecule has 0 spiro atoms. The lowest BCUT2D eigenvalue weighted by Crippen LogP contribution is -2.29. The first-order valence-electron chi connectivity index (χ1n) is 5.85. The van der Waals surface area contributed by atoms with Crippen LogP contribution in [0.2, 0.25) is 0 Å². The van der Waals surface area contributed by atoms with Gasteiger partial charge in [-0.05, 0) is 47.3 Å². The molecule has 0 aliphatic carbocycles. The number of halogens is 1. The maximum atomic E-state index is 11.8. The third-order valence-electron chi connectivity index (χ3n) is 2.96. The number of hydrogen-bond donors (Lipinski definition) is 1. The highest BCUT2D eigenvalue weighted by atomic mass is 79.9. The van der Waals surface area contributed by atoms with Crippen molar-refractivity contribution in [2.24, 2.45) is 0 Å². The molecule has 1 aromatic heterocycles. The predicted molar refractivity (Wildman–Crippen MR) is 72.2 cm³/mol. The highest BCUT2D eigenvalue weighted by molar-refractivity contribution is 9.11. The van der Waals surface area contributed by atoms with Crippen molar-refractivity contribution < 1.29 is 9.90 Å². The molecule has 0 radical (unpaired) electrons. The third-order valence-corrected chi connectivity index (χ3v) is 4.64. The van der Waals surface area contributed by atoms with Gasteiger partial charge in [0.05, 0.1) is 9.89 Å². The number of carbonyl (C=O) groups is 1. The Kier molecular flexibility index (Phi) is 4.59. The molecule has 1 N–H and O–H groups in total. The summed E-state index contributed by atoms with van der Waals surface area (Å²) in [6.45, 7) is 1.23. The molecular weight excluding hydrogens is 302 g/mol. The smallest absolute Gasteiger partial charge is 0.222 e. The van der Waals surface area contributed by atoms with Gasteiger partial charge in [-0.25, -0.2) is 0 Å². The number of aliphatic hydroxyl groups excluding tert-OH is 1. The van der Waals surface area contributed by atoms with E-state index in [2.05, 4.69) is 22.0 Å². The normalized spacial score (nSPS) is 19.9. The number of likely N-dealkylation sites (tertiary alicyclic amines) is 1. The lowest BCUT2D eigenvalue weighted by atomic mass is 10.2. The van der Waals surface area contributed by atoms with Gasteiger partial charge in [-0.2, -0.15) is 0 Å². The zero-order chi connectivity index (χ0) is 12.3. The Balaban J connectivity index is 1.70. The highest BCUT2D eigenvalue weighted by Crippen LogP contribution is 2.23. The fourth-order valence-electron chi connectivity index (χ4n) is 2.03. The van der Waals surface area contributed by atoms with E-state index in [1.54, 1.807) is 16.2 Å². The number of β-amino-alcohol motifs (C(OH)–C–C–N with tert-alkyl or cyclic N) is 1. The minimum Gasteiger partial charge on any atom is -0.391 e. The Morgan fingerprint density at radius 1 is 1.59 bits per heavy atom. The second-order valence-corrected chi connectivity index (χ2v) is 6.89. The topological polar surface area (TPSA) is 40.5 Å². The van der Waals surface area contributed by atoms with Crippen LogP contribution in [0.25, 0.3) is 0 Å². The predicted octanol–water partition coefficient (Wildman–Crippen LogP) is 2.43. The van der Waals surface area contributed by atoms with Crippen molar-refractivity contribution in [1.82, 2.24) is 4.90 Å². The lowest BCUT2D eigenvalue weighted by molar-refractivity contribution is -0.130. The van der Waals surface area contributed by atoms with Crippen molar-refractivity contribution in [3.8, 4) is 0 Å². The van der Waals surface area contributed by atoms with Crippen LogP contribution in [0.15, 0.2) is 15.9 Å². The Bertz CT molecular complexity index is 394. The van der Waals surface area contributed by atoms with Gasteiger partial charge in [-0.1, -0.05) is 0 Å². The van der Waals surface area contributed by atoms with E-state index in [9.17, 15) is 9.90 Å². The fraction of sp³-hybridized carbons (Fsp3) is 0.583. The van der Waals surface area contributed by atoms with Gasteiger partial charge in [0, 0.05) is 24.4 Å². The molecule has 1 saturated heterocycles. The molecule has 0 aromatic carbocycles. The van der Waals surface area contributed by atoms with E-state index < -0.39 is 0 Å². The molecule has 3 nitrogen and oxygen atoms in total. The molecule has 0 unspecified atom stereocenters. The van der Waals surface area contributed by atoms with E-state index in [1.165, 1.54) is 4.88 Å². The van der Waals surface area contributed by atoms with Crippen LogP contribution in [0, 0.1) is 0 Å². The Morgan fingerprint density at radius 2 is 2.41 bits per heavy atom. The van der Waals surface area contributed by atoms with Crippen molar-refractivity contribution in [3.63, 3.8) is 0 Å². The first-order valence-corrected chi connectivity index (χ1v) is 7.46. The summed E-state index contributed by atoms with van der Waals surface area (Å²) < 4.78 is 1.14. The van der Waals surface area contributed by atoms with E-state index in [0.717, 1.165) is 23.0 Å². The number of thiophene rings is 1. The van der Waals surface area contributed by atoms with Crippen molar-refractivity contribution in [2.75, 3.05) is 13.1 Å². The molecule has 1 aromatic rings. The van der Waals surface area contributed by atoms with Gasteiger partial charge < -0.3 is 10.0 Å². The molecule has 1 aliphatic heterocycles. The molecule has 1 amide bonds. The molecule has 2 rings (SSSR count). The maximum Gasteiger partial charge on any atom is 0.222 e. The zero-order valence-electron chi connectivity index (χ0n) is 9.56. The summed E-state index contributed by atoms with van der Waals surface area (Å²) in [5.41, 5.74) is 0. The van der Waals surface area contributed by atoms with Crippen molar-refractivity contribution in [3.05, 3.63) is 20.8 Å². The summed E-state index contributed by atoms with van der Waals surface area (Å²) >= 11 is 5.15. The molecule has 5 heteroatoms. The summed E-state index contributed by atoms with van der Waals surface area (Å²) in [5, 5.41) is 9.36. The Hall–Kier alpha value is -0.390. The number of rotatable bonds is 4. The monoisotopic (exact) mass is 317 g/mol. The number of carbonyl (C=O) groups excluding carboxylic acids is 1. The summed E-state index contributed by atoms with van der Waals surface area (Å²) in [7, 11) is 0. The number of aryl methyl sites for hydroxylation is 1.